The van der Waals surface area contributed by atoms with Crippen molar-refractivity contribution in [3.8, 4) is 0 Å². The quantitative estimate of drug-likeness (QED) is 0.729. The molecule has 0 aromatic rings. The van der Waals surface area contributed by atoms with E-state index < -0.39 is 0 Å². The Bertz CT molecular complexity index is 201. The zero-order valence-electron chi connectivity index (χ0n) is 9.69. The van der Waals surface area contributed by atoms with Gasteiger partial charge in [0, 0.05) is 39.4 Å². The van der Waals surface area contributed by atoms with Crippen molar-refractivity contribution in [3.05, 3.63) is 0 Å². The first-order valence-corrected chi connectivity index (χ1v) is 5.81. The predicted molar refractivity (Wildman–Crippen MR) is 58.8 cm³/mol. The van der Waals surface area contributed by atoms with Crippen LogP contribution < -0.4 is 5.73 Å². The SMILES string of the molecule is COC1CN(C2CCCC2N)CC1OC. The molecule has 1 saturated heterocycles. The van der Waals surface area contributed by atoms with Crippen LogP contribution in [-0.2, 0) is 9.47 Å². The van der Waals surface area contributed by atoms with Crippen LogP contribution in [0.1, 0.15) is 19.3 Å². The van der Waals surface area contributed by atoms with Gasteiger partial charge in [-0.1, -0.05) is 6.42 Å². The second-order valence-electron chi connectivity index (χ2n) is 4.66. The zero-order valence-corrected chi connectivity index (χ0v) is 9.69. The van der Waals surface area contributed by atoms with Gasteiger partial charge in [-0.3, -0.25) is 4.90 Å². The summed E-state index contributed by atoms with van der Waals surface area (Å²) < 4.78 is 10.9. The number of nitrogens with zero attached hydrogens (tertiary/aromatic N) is 1. The maximum atomic E-state index is 6.11. The Morgan fingerprint density at radius 1 is 1.07 bits per heavy atom. The maximum absolute atomic E-state index is 6.11. The van der Waals surface area contributed by atoms with Gasteiger partial charge in [-0.05, 0) is 12.8 Å². The fraction of sp³-hybridized carbons (Fsp3) is 1.00. The average molecular weight is 214 g/mol. The topological polar surface area (TPSA) is 47.7 Å². The molecule has 1 heterocycles. The molecule has 0 amide bonds. The summed E-state index contributed by atoms with van der Waals surface area (Å²) in [6.07, 6.45) is 4.08. The highest BCUT2D eigenvalue weighted by atomic mass is 16.5. The van der Waals surface area contributed by atoms with Crippen LogP contribution in [0.4, 0.5) is 0 Å². The highest BCUT2D eigenvalue weighted by molar-refractivity contribution is 4.95. The normalized spacial score (nSPS) is 42.6. The third-order valence-electron chi connectivity index (χ3n) is 3.85. The molecule has 2 rings (SSSR count). The van der Waals surface area contributed by atoms with Gasteiger partial charge in [0.05, 0.1) is 12.2 Å². The van der Waals surface area contributed by atoms with E-state index in [1.807, 2.05) is 0 Å². The van der Waals surface area contributed by atoms with E-state index in [0.29, 0.717) is 12.1 Å². The van der Waals surface area contributed by atoms with Crippen molar-refractivity contribution in [3.63, 3.8) is 0 Å². The highest BCUT2D eigenvalue weighted by Crippen LogP contribution is 2.27. The molecule has 4 nitrogen and oxygen atoms in total. The fourth-order valence-corrected chi connectivity index (χ4v) is 2.92. The number of ether oxygens (including phenoxy) is 2. The summed E-state index contributed by atoms with van der Waals surface area (Å²) in [6.45, 7) is 1.93. The van der Waals surface area contributed by atoms with Crippen molar-refractivity contribution in [1.29, 1.82) is 0 Å². The summed E-state index contributed by atoms with van der Waals surface area (Å²) in [7, 11) is 3.52. The van der Waals surface area contributed by atoms with Crippen LogP contribution in [0.25, 0.3) is 0 Å². The molecule has 0 aromatic heterocycles. The molecule has 0 bridgehead atoms. The third kappa shape index (κ3) is 2.18. The summed E-state index contributed by atoms with van der Waals surface area (Å²) >= 11 is 0. The van der Waals surface area contributed by atoms with E-state index in [1.165, 1.54) is 12.8 Å². The van der Waals surface area contributed by atoms with E-state index in [2.05, 4.69) is 4.90 Å². The Balaban J connectivity index is 1.95. The number of likely N-dealkylation sites (tertiary alicyclic amines) is 1. The van der Waals surface area contributed by atoms with Gasteiger partial charge in [-0.15, -0.1) is 0 Å². The summed E-state index contributed by atoms with van der Waals surface area (Å²) in [5, 5.41) is 0. The summed E-state index contributed by atoms with van der Waals surface area (Å²) in [5.74, 6) is 0. The van der Waals surface area contributed by atoms with Crippen molar-refractivity contribution < 1.29 is 9.47 Å². The standard InChI is InChI=1S/C11H22N2O2/c1-14-10-6-13(7-11(10)15-2)9-5-3-4-8(9)12/h8-11H,3-7,12H2,1-2H3. The number of hydrogen-bond acceptors (Lipinski definition) is 4. The molecule has 1 aliphatic carbocycles. The molecule has 4 heteroatoms. The monoisotopic (exact) mass is 214 g/mol. The molecule has 2 aliphatic rings. The lowest BCUT2D eigenvalue weighted by atomic mass is 10.1. The number of nitrogens with two attached hydrogens (primary N) is 1. The van der Waals surface area contributed by atoms with Crippen LogP contribution in [0.2, 0.25) is 0 Å². The average Bonchev–Trinajstić information content (AvgIpc) is 2.82. The lowest BCUT2D eigenvalue weighted by molar-refractivity contribution is -0.00461. The van der Waals surface area contributed by atoms with Crippen molar-refractivity contribution >= 4 is 0 Å². The number of rotatable bonds is 3. The van der Waals surface area contributed by atoms with Crippen molar-refractivity contribution in [2.75, 3.05) is 27.3 Å². The van der Waals surface area contributed by atoms with Crippen molar-refractivity contribution in [2.45, 2.75) is 43.6 Å². The molecule has 0 radical (unpaired) electrons. The minimum absolute atomic E-state index is 0.211. The zero-order chi connectivity index (χ0) is 10.8. The number of methoxy groups -OCH3 is 2. The van der Waals surface area contributed by atoms with Gasteiger partial charge in [0.2, 0.25) is 0 Å². The largest absolute Gasteiger partial charge is 0.377 e. The van der Waals surface area contributed by atoms with Crippen molar-refractivity contribution in [2.24, 2.45) is 5.73 Å². The van der Waals surface area contributed by atoms with Crippen LogP contribution >= 0.6 is 0 Å². The van der Waals surface area contributed by atoms with Gasteiger partial charge in [0.1, 0.15) is 0 Å². The molecule has 15 heavy (non-hydrogen) atoms. The Labute approximate surface area is 91.7 Å². The first-order chi connectivity index (χ1) is 7.26. The Hall–Kier alpha value is -0.160. The Morgan fingerprint density at radius 3 is 2.07 bits per heavy atom. The van der Waals surface area contributed by atoms with Gasteiger partial charge in [-0.25, -0.2) is 0 Å². The molecule has 88 valence electrons. The molecule has 2 fully saturated rings. The Kier molecular flexibility index (Phi) is 3.61. The van der Waals surface area contributed by atoms with Crippen LogP contribution in [0.15, 0.2) is 0 Å². The minimum atomic E-state index is 0.211. The predicted octanol–water partition coefficient (Wildman–Crippen LogP) is 0.212. The van der Waals surface area contributed by atoms with Gasteiger partial charge < -0.3 is 15.2 Å². The molecular weight excluding hydrogens is 192 g/mol. The van der Waals surface area contributed by atoms with Crippen LogP contribution in [-0.4, -0.2) is 56.5 Å². The van der Waals surface area contributed by atoms with E-state index in [4.69, 9.17) is 15.2 Å². The van der Waals surface area contributed by atoms with Gasteiger partial charge >= 0.3 is 0 Å². The van der Waals surface area contributed by atoms with Crippen LogP contribution in [0, 0.1) is 0 Å². The van der Waals surface area contributed by atoms with E-state index in [9.17, 15) is 0 Å². The highest BCUT2D eigenvalue weighted by Gasteiger charge is 2.39. The summed E-state index contributed by atoms with van der Waals surface area (Å²) in [6, 6.07) is 0.890. The van der Waals surface area contributed by atoms with Crippen molar-refractivity contribution in [1.82, 2.24) is 4.90 Å². The smallest absolute Gasteiger partial charge is 0.0971 e. The molecule has 1 saturated carbocycles. The maximum Gasteiger partial charge on any atom is 0.0971 e. The van der Waals surface area contributed by atoms with Gasteiger partial charge in [0.15, 0.2) is 0 Å². The summed E-state index contributed by atoms with van der Waals surface area (Å²) in [4.78, 5) is 2.44. The minimum Gasteiger partial charge on any atom is -0.377 e. The second kappa shape index (κ2) is 4.78. The molecule has 1 aliphatic heterocycles. The van der Waals surface area contributed by atoms with Crippen LogP contribution in [0.5, 0.6) is 0 Å². The lowest BCUT2D eigenvalue weighted by Gasteiger charge is -2.26. The summed E-state index contributed by atoms with van der Waals surface area (Å²) in [5.41, 5.74) is 6.11. The number of hydrogen-bond donors (Lipinski definition) is 1. The van der Waals surface area contributed by atoms with E-state index in [0.717, 1.165) is 19.5 Å². The molecule has 0 spiro atoms. The molecule has 0 aromatic carbocycles. The van der Waals surface area contributed by atoms with E-state index in [1.54, 1.807) is 14.2 Å². The lowest BCUT2D eigenvalue weighted by Crippen LogP contribution is -2.43. The van der Waals surface area contributed by atoms with Gasteiger partial charge in [0.25, 0.3) is 0 Å². The molecule has 4 unspecified atom stereocenters. The third-order valence-corrected chi connectivity index (χ3v) is 3.85. The van der Waals surface area contributed by atoms with Gasteiger partial charge in [-0.2, -0.15) is 0 Å². The van der Waals surface area contributed by atoms with Crippen LogP contribution in [0.3, 0.4) is 0 Å². The molecule has 4 atom stereocenters. The molecule has 2 N–H and O–H groups in total. The second-order valence-corrected chi connectivity index (χ2v) is 4.66. The van der Waals surface area contributed by atoms with E-state index in [-0.39, 0.29) is 12.2 Å². The first-order valence-electron chi connectivity index (χ1n) is 5.81. The first kappa shape index (κ1) is 11.3. The molecular formula is C11H22N2O2. The fourth-order valence-electron chi connectivity index (χ4n) is 2.92. The van der Waals surface area contributed by atoms with E-state index >= 15 is 0 Å². The Morgan fingerprint density at radius 2 is 1.67 bits per heavy atom.